The first-order chi connectivity index (χ1) is 9.69. The summed E-state index contributed by atoms with van der Waals surface area (Å²) in [5.74, 6) is 0.0190. The number of nitriles is 1. The smallest absolute Gasteiger partial charge is 0.413 e. The predicted molar refractivity (Wildman–Crippen MR) is 72.0 cm³/mol. The molecule has 0 spiro atoms. The Morgan fingerprint density at radius 2 is 2.15 bits per heavy atom. The second kappa shape index (κ2) is 6.50. The van der Waals surface area contributed by atoms with Crippen LogP contribution < -0.4 is 5.32 Å². The van der Waals surface area contributed by atoms with Gasteiger partial charge in [0.15, 0.2) is 5.82 Å². The minimum atomic E-state index is -0.722. The van der Waals surface area contributed by atoms with E-state index in [1.54, 1.807) is 0 Å². The van der Waals surface area contributed by atoms with E-state index < -0.39 is 6.09 Å². The standard InChI is InChI=1S/C13H9ClN4O2/c14-12-16-7-10(6-15)11(17-12)18-13(19)20-8-9-4-2-1-3-5-9/h1-5,7H,8H2,(H,16,17,18,19). The van der Waals surface area contributed by atoms with E-state index in [-0.39, 0.29) is 23.3 Å². The van der Waals surface area contributed by atoms with Gasteiger partial charge in [0.05, 0.1) is 6.20 Å². The van der Waals surface area contributed by atoms with Gasteiger partial charge in [-0.3, -0.25) is 5.32 Å². The third kappa shape index (κ3) is 3.67. The molecule has 0 saturated heterocycles. The number of anilines is 1. The fraction of sp³-hybridized carbons (Fsp3) is 0.0769. The van der Waals surface area contributed by atoms with Crippen LogP contribution in [0.5, 0.6) is 0 Å². The van der Waals surface area contributed by atoms with Crippen LogP contribution in [0.25, 0.3) is 0 Å². The summed E-state index contributed by atoms with van der Waals surface area (Å²) in [5, 5.41) is 11.2. The van der Waals surface area contributed by atoms with Crippen molar-refractivity contribution in [2.45, 2.75) is 6.61 Å². The second-order valence-electron chi connectivity index (χ2n) is 3.70. The number of rotatable bonds is 3. The molecular weight excluding hydrogens is 280 g/mol. The Hall–Kier alpha value is -2.65. The van der Waals surface area contributed by atoms with E-state index >= 15 is 0 Å². The van der Waals surface area contributed by atoms with Gasteiger partial charge in [-0.2, -0.15) is 10.2 Å². The van der Waals surface area contributed by atoms with E-state index in [9.17, 15) is 4.79 Å². The molecule has 0 radical (unpaired) electrons. The molecule has 0 unspecified atom stereocenters. The molecule has 0 atom stereocenters. The van der Waals surface area contributed by atoms with E-state index in [0.717, 1.165) is 5.56 Å². The van der Waals surface area contributed by atoms with E-state index in [4.69, 9.17) is 21.6 Å². The van der Waals surface area contributed by atoms with E-state index in [0.29, 0.717) is 0 Å². The van der Waals surface area contributed by atoms with Crippen LogP contribution in [-0.2, 0) is 11.3 Å². The van der Waals surface area contributed by atoms with Crippen molar-refractivity contribution in [3.05, 3.63) is 52.9 Å². The van der Waals surface area contributed by atoms with Crippen LogP contribution in [0, 0.1) is 11.3 Å². The highest BCUT2D eigenvalue weighted by Gasteiger charge is 2.10. The molecule has 1 aromatic heterocycles. The molecule has 100 valence electrons. The number of ether oxygens (including phenoxy) is 1. The molecule has 0 aliphatic heterocycles. The average Bonchev–Trinajstić information content (AvgIpc) is 2.46. The summed E-state index contributed by atoms with van der Waals surface area (Å²) < 4.78 is 5.01. The molecule has 6 nitrogen and oxygen atoms in total. The van der Waals surface area contributed by atoms with Gasteiger partial charge in [-0.1, -0.05) is 30.3 Å². The maximum Gasteiger partial charge on any atom is 0.413 e. The van der Waals surface area contributed by atoms with Crippen LogP contribution in [0.3, 0.4) is 0 Å². The lowest BCUT2D eigenvalue weighted by Gasteiger charge is -2.07. The van der Waals surface area contributed by atoms with Crippen LogP contribution >= 0.6 is 11.6 Å². The monoisotopic (exact) mass is 288 g/mol. The number of amides is 1. The fourth-order valence-corrected chi connectivity index (χ4v) is 1.53. The van der Waals surface area contributed by atoms with Crippen LogP contribution in [0.1, 0.15) is 11.1 Å². The maximum absolute atomic E-state index is 11.6. The molecule has 1 amide bonds. The zero-order valence-corrected chi connectivity index (χ0v) is 11.0. The van der Waals surface area contributed by atoms with Crippen molar-refractivity contribution in [2.24, 2.45) is 0 Å². The lowest BCUT2D eigenvalue weighted by Crippen LogP contribution is -2.15. The number of nitrogens with one attached hydrogen (secondary N) is 1. The molecular formula is C13H9ClN4O2. The van der Waals surface area contributed by atoms with Crippen LogP contribution in [0.4, 0.5) is 10.6 Å². The number of aromatic nitrogens is 2. The lowest BCUT2D eigenvalue weighted by atomic mass is 10.2. The van der Waals surface area contributed by atoms with Crippen LogP contribution in [-0.4, -0.2) is 16.1 Å². The van der Waals surface area contributed by atoms with Crippen molar-refractivity contribution in [2.75, 3.05) is 5.32 Å². The number of hydrogen-bond donors (Lipinski definition) is 1. The van der Waals surface area contributed by atoms with Crippen molar-refractivity contribution in [3.8, 4) is 6.07 Å². The lowest BCUT2D eigenvalue weighted by molar-refractivity contribution is 0.155. The van der Waals surface area contributed by atoms with Crippen molar-refractivity contribution >= 4 is 23.5 Å². The topological polar surface area (TPSA) is 87.9 Å². The highest BCUT2D eigenvalue weighted by atomic mass is 35.5. The van der Waals surface area contributed by atoms with Crippen LogP contribution in [0.2, 0.25) is 5.28 Å². The third-order valence-electron chi connectivity index (χ3n) is 2.31. The van der Waals surface area contributed by atoms with Gasteiger partial charge in [-0.15, -0.1) is 0 Å². The summed E-state index contributed by atoms with van der Waals surface area (Å²) in [7, 11) is 0. The molecule has 0 bridgehead atoms. The van der Waals surface area contributed by atoms with Crippen LogP contribution in [0.15, 0.2) is 36.5 Å². The summed E-state index contributed by atoms with van der Waals surface area (Å²) >= 11 is 5.61. The van der Waals surface area contributed by atoms with E-state index in [1.807, 2.05) is 36.4 Å². The quantitative estimate of drug-likeness (QED) is 0.877. The minimum Gasteiger partial charge on any atom is -0.444 e. The van der Waals surface area contributed by atoms with Crippen molar-refractivity contribution < 1.29 is 9.53 Å². The Kier molecular flexibility index (Phi) is 4.47. The Balaban J connectivity index is 1.98. The van der Waals surface area contributed by atoms with Crippen molar-refractivity contribution in [1.29, 1.82) is 5.26 Å². The number of hydrogen-bond acceptors (Lipinski definition) is 5. The highest BCUT2D eigenvalue weighted by Crippen LogP contribution is 2.13. The summed E-state index contributed by atoms with van der Waals surface area (Å²) in [6, 6.07) is 11.1. The number of carbonyl (C=O) groups excluding carboxylic acids is 1. The Morgan fingerprint density at radius 1 is 1.40 bits per heavy atom. The number of benzene rings is 1. The van der Waals surface area contributed by atoms with Gasteiger partial charge < -0.3 is 4.74 Å². The molecule has 1 N–H and O–H groups in total. The molecule has 0 aliphatic rings. The van der Waals surface area contributed by atoms with Gasteiger partial charge in [0.2, 0.25) is 5.28 Å². The molecule has 2 rings (SSSR count). The third-order valence-corrected chi connectivity index (χ3v) is 2.50. The molecule has 20 heavy (non-hydrogen) atoms. The predicted octanol–water partition coefficient (Wildman–Crippen LogP) is 2.75. The maximum atomic E-state index is 11.6. The summed E-state index contributed by atoms with van der Waals surface area (Å²) in [5.41, 5.74) is 0.954. The molecule has 1 aromatic carbocycles. The van der Waals surface area contributed by atoms with E-state index in [1.165, 1.54) is 6.20 Å². The van der Waals surface area contributed by atoms with E-state index in [2.05, 4.69) is 15.3 Å². The average molecular weight is 289 g/mol. The number of halogens is 1. The molecule has 0 fully saturated rings. The Morgan fingerprint density at radius 3 is 2.85 bits per heavy atom. The Bertz CT molecular complexity index is 655. The first-order valence-electron chi connectivity index (χ1n) is 5.59. The molecule has 2 aromatic rings. The first-order valence-corrected chi connectivity index (χ1v) is 5.97. The zero-order chi connectivity index (χ0) is 14.4. The largest absolute Gasteiger partial charge is 0.444 e. The number of nitrogens with zero attached hydrogens (tertiary/aromatic N) is 3. The van der Waals surface area contributed by atoms with Gasteiger partial charge in [-0.05, 0) is 17.2 Å². The Labute approximate surface area is 120 Å². The van der Waals surface area contributed by atoms with Gasteiger partial charge in [-0.25, -0.2) is 9.78 Å². The molecule has 1 heterocycles. The van der Waals surface area contributed by atoms with Gasteiger partial charge >= 0.3 is 6.09 Å². The zero-order valence-electron chi connectivity index (χ0n) is 10.2. The summed E-state index contributed by atoms with van der Waals surface area (Å²) in [4.78, 5) is 19.0. The second-order valence-corrected chi connectivity index (χ2v) is 4.04. The van der Waals surface area contributed by atoms with Crippen molar-refractivity contribution in [1.82, 2.24) is 9.97 Å². The minimum absolute atomic E-state index is 0.0190. The summed E-state index contributed by atoms with van der Waals surface area (Å²) in [6.07, 6.45) is 0.502. The normalized spacial score (nSPS) is 9.60. The molecule has 0 saturated carbocycles. The number of carbonyl (C=O) groups is 1. The van der Waals surface area contributed by atoms with Crippen molar-refractivity contribution in [3.63, 3.8) is 0 Å². The van der Waals surface area contributed by atoms with Gasteiger partial charge in [0.1, 0.15) is 18.2 Å². The SMILES string of the molecule is N#Cc1cnc(Cl)nc1NC(=O)OCc1ccccc1. The van der Waals surface area contributed by atoms with Gasteiger partial charge in [0.25, 0.3) is 0 Å². The summed E-state index contributed by atoms with van der Waals surface area (Å²) in [6.45, 7) is 0.118. The first kappa shape index (κ1) is 13.8. The van der Waals surface area contributed by atoms with Gasteiger partial charge in [0, 0.05) is 0 Å². The molecule has 7 heteroatoms. The fourth-order valence-electron chi connectivity index (χ4n) is 1.39. The molecule has 0 aliphatic carbocycles. The highest BCUT2D eigenvalue weighted by molar-refractivity contribution is 6.28.